The lowest BCUT2D eigenvalue weighted by Crippen LogP contribution is -2.11. The number of hydrogen-bond acceptors (Lipinski definition) is 2. The van der Waals surface area contributed by atoms with Gasteiger partial charge >= 0.3 is 0 Å². The molecule has 0 radical (unpaired) electrons. The van der Waals surface area contributed by atoms with E-state index in [0.29, 0.717) is 5.56 Å². The maximum Gasteiger partial charge on any atom is 0.101 e. The fraction of sp³-hybridized carbons (Fsp3) is 0.227. The van der Waals surface area contributed by atoms with Crippen molar-refractivity contribution in [1.82, 2.24) is 14.1 Å². The predicted octanol–water partition coefficient (Wildman–Crippen LogP) is 10.8. The minimum atomic E-state index is 0.0131. The van der Waals surface area contributed by atoms with Gasteiger partial charge in [-0.25, -0.2) is 4.98 Å². The third-order valence-electron chi connectivity index (χ3n) is 9.92. The van der Waals surface area contributed by atoms with E-state index in [-0.39, 0.29) is 10.8 Å². The van der Waals surface area contributed by atoms with Gasteiger partial charge in [0.15, 0.2) is 0 Å². The van der Waals surface area contributed by atoms with Gasteiger partial charge in [-0.05, 0) is 89.4 Å². The number of allylic oxidation sites excluding steroid dienone is 1. The van der Waals surface area contributed by atoms with Gasteiger partial charge in [-0.15, -0.1) is 0 Å². The average Bonchev–Trinajstić information content (AvgIpc) is 3.59. The van der Waals surface area contributed by atoms with Crippen molar-refractivity contribution in [2.24, 2.45) is 0 Å². The smallest absolute Gasteiger partial charge is 0.101 e. The van der Waals surface area contributed by atoms with Gasteiger partial charge in [-0.3, -0.25) is 0 Å². The van der Waals surface area contributed by atoms with Crippen LogP contribution in [-0.2, 0) is 17.3 Å². The summed E-state index contributed by atoms with van der Waals surface area (Å²) in [5, 5.41) is 14.5. The summed E-state index contributed by atoms with van der Waals surface area (Å²) in [7, 11) is 0. The standard InChI is InChI=1S/C44H38N4/c1-43(2,3)30-15-17-39-35(24-30)32-11-7-9-13-37(32)47(39)41-26-34(28-19-21-46-22-20-28)42(23-29(41)27-45)48-38-14-10-8-12-33(38)36-25-31(44(4,5)6)16-18-40(36)48/h7-9,11-13,15-19,21,23-26H,10,14H2,1-6H3. The fourth-order valence-corrected chi connectivity index (χ4v) is 7.35. The van der Waals surface area contributed by atoms with E-state index in [2.05, 4.69) is 159 Å². The zero-order chi connectivity index (χ0) is 33.4. The van der Waals surface area contributed by atoms with Crippen LogP contribution in [0.3, 0.4) is 0 Å². The Kier molecular flexibility index (Phi) is 6.66. The molecule has 234 valence electrons. The van der Waals surface area contributed by atoms with Crippen molar-refractivity contribution >= 4 is 38.8 Å². The highest BCUT2D eigenvalue weighted by Crippen LogP contribution is 2.42. The molecule has 3 heterocycles. The van der Waals surface area contributed by atoms with Gasteiger partial charge in [0.1, 0.15) is 6.07 Å². The normalized spacial score (nSPS) is 13.2. The van der Waals surface area contributed by atoms with Crippen LogP contribution >= 0.6 is 0 Å². The monoisotopic (exact) mass is 622 g/mol. The van der Waals surface area contributed by atoms with E-state index < -0.39 is 0 Å². The van der Waals surface area contributed by atoms with Gasteiger partial charge in [0.25, 0.3) is 0 Å². The third kappa shape index (κ3) is 4.63. The Morgan fingerprint density at radius 2 is 1.42 bits per heavy atom. The molecule has 0 atom stereocenters. The van der Waals surface area contributed by atoms with Crippen molar-refractivity contribution in [3.05, 3.63) is 131 Å². The second kappa shape index (κ2) is 10.7. The Labute approximate surface area is 282 Å². The van der Waals surface area contributed by atoms with E-state index in [1.54, 1.807) is 6.20 Å². The van der Waals surface area contributed by atoms with Crippen molar-refractivity contribution in [2.45, 2.75) is 65.2 Å². The minimum Gasteiger partial charge on any atom is -0.312 e. The SMILES string of the molecule is CC(C)(C)c1ccc2c(c1)c1c(n2-c2cc(C#N)c(-n3c4ccccc4c4cc(C(C)(C)C)ccc43)cc2-c2c#cncc2)CCC=C1. The largest absolute Gasteiger partial charge is 0.312 e. The molecule has 7 aromatic rings. The number of benzene rings is 4. The van der Waals surface area contributed by atoms with Gasteiger partial charge in [-0.2, -0.15) is 5.26 Å². The zero-order valence-electron chi connectivity index (χ0n) is 28.4. The van der Waals surface area contributed by atoms with Crippen LogP contribution in [0.2, 0.25) is 0 Å². The predicted molar refractivity (Wildman–Crippen MR) is 198 cm³/mol. The van der Waals surface area contributed by atoms with E-state index in [0.717, 1.165) is 51.9 Å². The highest BCUT2D eigenvalue weighted by molar-refractivity contribution is 6.10. The van der Waals surface area contributed by atoms with Crippen LogP contribution in [0.1, 0.15) is 75.9 Å². The fourth-order valence-electron chi connectivity index (χ4n) is 7.35. The van der Waals surface area contributed by atoms with E-state index >= 15 is 0 Å². The molecule has 4 heteroatoms. The zero-order valence-corrected chi connectivity index (χ0v) is 28.4. The summed E-state index contributed by atoms with van der Waals surface area (Å²) < 4.78 is 4.64. The van der Waals surface area contributed by atoms with Crippen LogP contribution in [0.5, 0.6) is 0 Å². The van der Waals surface area contributed by atoms with Crippen molar-refractivity contribution < 1.29 is 0 Å². The molecule has 0 N–H and O–H groups in total. The van der Waals surface area contributed by atoms with Crippen molar-refractivity contribution in [1.29, 1.82) is 5.26 Å². The molecular weight excluding hydrogens is 585 g/mol. The van der Waals surface area contributed by atoms with Crippen LogP contribution < -0.4 is 0 Å². The van der Waals surface area contributed by atoms with Crippen LogP contribution in [0.25, 0.3) is 61.3 Å². The summed E-state index contributed by atoms with van der Waals surface area (Å²) in [6.45, 7) is 13.5. The summed E-state index contributed by atoms with van der Waals surface area (Å²) >= 11 is 0. The molecule has 0 saturated heterocycles. The summed E-state index contributed by atoms with van der Waals surface area (Å²) in [4.78, 5) is 4.18. The molecule has 1 aliphatic carbocycles. The van der Waals surface area contributed by atoms with Gasteiger partial charge in [0, 0.05) is 50.9 Å². The van der Waals surface area contributed by atoms with Crippen LogP contribution in [0.15, 0.2) is 91.1 Å². The quantitative estimate of drug-likeness (QED) is 0.197. The lowest BCUT2D eigenvalue weighted by molar-refractivity contribution is 0.591. The Balaban J connectivity index is 1.47. The first-order valence-corrected chi connectivity index (χ1v) is 16.8. The Hall–Kier alpha value is -5.58. The first kappa shape index (κ1) is 29.8. The number of nitrogens with zero attached hydrogens (tertiary/aromatic N) is 4. The molecule has 1 aliphatic rings. The molecule has 0 aliphatic heterocycles. The highest BCUT2D eigenvalue weighted by Gasteiger charge is 2.26. The first-order valence-electron chi connectivity index (χ1n) is 16.8. The van der Waals surface area contributed by atoms with Gasteiger partial charge < -0.3 is 9.13 Å². The van der Waals surface area contributed by atoms with Gasteiger partial charge in [0.05, 0.1) is 33.5 Å². The van der Waals surface area contributed by atoms with Crippen molar-refractivity contribution in [3.63, 3.8) is 0 Å². The van der Waals surface area contributed by atoms with Crippen LogP contribution in [-0.4, -0.2) is 14.1 Å². The molecule has 0 amide bonds. The minimum absolute atomic E-state index is 0.0131. The Morgan fingerprint density at radius 3 is 2.10 bits per heavy atom. The Morgan fingerprint density at radius 1 is 0.729 bits per heavy atom. The molecule has 48 heavy (non-hydrogen) atoms. The number of para-hydroxylation sites is 1. The van der Waals surface area contributed by atoms with Crippen LogP contribution in [0.4, 0.5) is 0 Å². The molecule has 0 spiro atoms. The summed E-state index contributed by atoms with van der Waals surface area (Å²) in [6.07, 6.45) is 11.2. The number of fused-ring (bicyclic) bond motifs is 6. The van der Waals surface area contributed by atoms with Gasteiger partial charge in [-0.1, -0.05) is 84.0 Å². The highest BCUT2D eigenvalue weighted by atomic mass is 15.0. The molecule has 0 saturated carbocycles. The number of nitriles is 1. The molecule has 0 bridgehead atoms. The maximum absolute atomic E-state index is 10.9. The number of hydrogen-bond donors (Lipinski definition) is 0. The molecule has 4 aromatic carbocycles. The second-order valence-corrected chi connectivity index (χ2v) is 15.0. The first-order chi connectivity index (χ1) is 23.0. The topological polar surface area (TPSA) is 46.5 Å². The molecule has 8 rings (SSSR count). The number of rotatable bonds is 3. The lowest BCUT2D eigenvalue weighted by Gasteiger charge is -2.21. The molecule has 3 aromatic heterocycles. The van der Waals surface area contributed by atoms with Crippen LogP contribution in [0, 0.1) is 23.6 Å². The van der Waals surface area contributed by atoms with E-state index in [9.17, 15) is 5.26 Å². The molecule has 0 fully saturated rings. The van der Waals surface area contributed by atoms with E-state index in [4.69, 9.17) is 0 Å². The number of aromatic nitrogens is 3. The Bertz CT molecular complexity index is 2470. The molecule has 4 nitrogen and oxygen atoms in total. The summed E-state index contributed by atoms with van der Waals surface area (Å²) in [6, 6.07) is 34.3. The molecule has 0 unspecified atom stereocenters. The van der Waals surface area contributed by atoms with Gasteiger partial charge in [0.2, 0.25) is 0 Å². The van der Waals surface area contributed by atoms with Crippen molar-refractivity contribution in [2.75, 3.05) is 0 Å². The van der Waals surface area contributed by atoms with E-state index in [1.165, 1.54) is 38.5 Å². The third-order valence-corrected chi connectivity index (χ3v) is 9.92. The maximum atomic E-state index is 10.9. The summed E-state index contributed by atoms with van der Waals surface area (Å²) in [5.41, 5.74) is 12.7. The van der Waals surface area contributed by atoms with E-state index in [1.807, 2.05) is 6.07 Å². The average molecular weight is 623 g/mol. The molecular formula is C44H38N4. The van der Waals surface area contributed by atoms with Crippen molar-refractivity contribution in [3.8, 4) is 28.6 Å². The lowest BCUT2D eigenvalue weighted by atomic mass is 9.86. The summed E-state index contributed by atoms with van der Waals surface area (Å²) in [5.74, 6) is 0. The second-order valence-electron chi connectivity index (χ2n) is 15.0.